The molecule has 0 spiro atoms. The lowest BCUT2D eigenvalue weighted by molar-refractivity contribution is -0.141. The number of rotatable bonds is 9. The number of benzene rings is 1. The molecule has 0 fully saturated rings. The molecule has 0 bridgehead atoms. The van der Waals surface area contributed by atoms with E-state index in [4.69, 9.17) is 9.47 Å². The van der Waals surface area contributed by atoms with E-state index in [0.29, 0.717) is 32.1 Å². The summed E-state index contributed by atoms with van der Waals surface area (Å²) in [5, 5.41) is 2.83. The van der Waals surface area contributed by atoms with E-state index in [2.05, 4.69) is 15.3 Å². The highest BCUT2D eigenvalue weighted by Crippen LogP contribution is 2.30. The Hall–Kier alpha value is -2.39. The number of anilines is 3. The highest BCUT2D eigenvalue weighted by atomic mass is 19.4. The lowest BCUT2D eigenvalue weighted by atomic mass is 10.2. The number of hydrogen-bond donors (Lipinski definition) is 1. The zero-order valence-corrected chi connectivity index (χ0v) is 15.5. The molecule has 2 aromatic rings. The van der Waals surface area contributed by atoms with Gasteiger partial charge in [0.05, 0.1) is 19.8 Å². The molecule has 9 heteroatoms. The molecule has 0 aliphatic rings. The fraction of sp³-hybridized carbons (Fsp3) is 0.444. The Bertz CT molecular complexity index is 739. The van der Waals surface area contributed by atoms with Crippen molar-refractivity contribution in [3.8, 4) is 0 Å². The van der Waals surface area contributed by atoms with E-state index < -0.39 is 11.9 Å². The maximum absolute atomic E-state index is 13.1. The average Bonchev–Trinajstić information content (AvgIpc) is 2.61. The summed E-state index contributed by atoms with van der Waals surface area (Å²) in [5.74, 6) is 0.0400. The van der Waals surface area contributed by atoms with Crippen LogP contribution in [0.1, 0.15) is 18.2 Å². The normalized spacial score (nSPS) is 11.5. The van der Waals surface area contributed by atoms with Gasteiger partial charge in [-0.1, -0.05) is 12.1 Å². The first-order valence-electron chi connectivity index (χ1n) is 8.44. The smallest absolute Gasteiger partial charge is 0.379 e. The van der Waals surface area contributed by atoms with Crippen molar-refractivity contribution in [3.63, 3.8) is 0 Å². The van der Waals surface area contributed by atoms with Gasteiger partial charge in [-0.15, -0.1) is 0 Å². The second-order valence-electron chi connectivity index (χ2n) is 5.90. The average molecular weight is 384 g/mol. The topological polar surface area (TPSA) is 59.5 Å². The summed E-state index contributed by atoms with van der Waals surface area (Å²) in [7, 11) is 3.24. The van der Waals surface area contributed by atoms with E-state index in [1.54, 1.807) is 32.3 Å². The van der Waals surface area contributed by atoms with Gasteiger partial charge in [-0.2, -0.15) is 18.2 Å². The number of aromatic nitrogens is 2. The SMILES string of the molecule is CCOCCOCc1cccc(Nc2nc(N(C)C)cc(C(F)(F)F)n2)c1. The fourth-order valence-corrected chi connectivity index (χ4v) is 2.18. The van der Waals surface area contributed by atoms with Crippen LogP contribution in [-0.4, -0.2) is 43.9 Å². The molecule has 0 aliphatic heterocycles. The third kappa shape index (κ3) is 6.69. The number of hydrogen-bond acceptors (Lipinski definition) is 6. The van der Waals surface area contributed by atoms with Gasteiger partial charge in [0.15, 0.2) is 5.69 Å². The van der Waals surface area contributed by atoms with Gasteiger partial charge in [-0.25, -0.2) is 4.98 Å². The van der Waals surface area contributed by atoms with Gasteiger partial charge in [0.2, 0.25) is 5.95 Å². The molecular formula is C18H23F3N4O2. The zero-order chi connectivity index (χ0) is 19.9. The molecule has 2 rings (SSSR count). The monoisotopic (exact) mass is 384 g/mol. The predicted octanol–water partition coefficient (Wildman–Crippen LogP) is 3.86. The largest absolute Gasteiger partial charge is 0.433 e. The van der Waals surface area contributed by atoms with E-state index in [1.165, 1.54) is 4.90 Å². The minimum atomic E-state index is -4.56. The van der Waals surface area contributed by atoms with Crippen molar-refractivity contribution in [1.29, 1.82) is 0 Å². The molecule has 0 aliphatic carbocycles. The van der Waals surface area contributed by atoms with E-state index in [9.17, 15) is 13.2 Å². The van der Waals surface area contributed by atoms with Crippen LogP contribution in [0, 0.1) is 0 Å². The highest BCUT2D eigenvalue weighted by Gasteiger charge is 2.34. The molecule has 0 unspecified atom stereocenters. The lowest BCUT2D eigenvalue weighted by Gasteiger charge is -2.16. The maximum Gasteiger partial charge on any atom is 0.433 e. The van der Waals surface area contributed by atoms with Gasteiger partial charge in [-0.3, -0.25) is 0 Å². The number of halogens is 3. The second-order valence-corrected chi connectivity index (χ2v) is 5.90. The van der Waals surface area contributed by atoms with Crippen LogP contribution < -0.4 is 10.2 Å². The van der Waals surface area contributed by atoms with E-state index in [1.807, 2.05) is 13.0 Å². The van der Waals surface area contributed by atoms with Gasteiger partial charge >= 0.3 is 6.18 Å². The zero-order valence-electron chi connectivity index (χ0n) is 15.5. The van der Waals surface area contributed by atoms with Crippen molar-refractivity contribution < 1.29 is 22.6 Å². The first-order valence-corrected chi connectivity index (χ1v) is 8.44. The van der Waals surface area contributed by atoms with Crippen LogP contribution in [0.5, 0.6) is 0 Å². The lowest BCUT2D eigenvalue weighted by Crippen LogP contribution is -2.16. The summed E-state index contributed by atoms with van der Waals surface area (Å²) in [6.07, 6.45) is -4.56. The minimum absolute atomic E-state index is 0.122. The number of nitrogens with one attached hydrogen (secondary N) is 1. The summed E-state index contributed by atoms with van der Waals surface area (Å²) in [4.78, 5) is 9.20. The number of alkyl halides is 3. The predicted molar refractivity (Wildman–Crippen MR) is 97.2 cm³/mol. The molecule has 148 valence electrons. The van der Waals surface area contributed by atoms with E-state index in [-0.39, 0.29) is 11.8 Å². The van der Waals surface area contributed by atoms with Crippen molar-refractivity contribution >= 4 is 17.5 Å². The van der Waals surface area contributed by atoms with Crippen molar-refractivity contribution in [2.45, 2.75) is 19.7 Å². The summed E-state index contributed by atoms with van der Waals surface area (Å²) in [5.41, 5.74) is 0.445. The molecule has 6 nitrogen and oxygen atoms in total. The molecule has 0 saturated carbocycles. The van der Waals surface area contributed by atoms with Crippen molar-refractivity contribution in [2.24, 2.45) is 0 Å². The van der Waals surface area contributed by atoms with Gasteiger partial charge in [0.25, 0.3) is 0 Å². The number of ether oxygens (including phenoxy) is 2. The van der Waals surface area contributed by atoms with Gasteiger partial charge in [0, 0.05) is 32.5 Å². The summed E-state index contributed by atoms with van der Waals surface area (Å²) >= 11 is 0. The van der Waals surface area contributed by atoms with Crippen molar-refractivity contribution in [2.75, 3.05) is 44.1 Å². The van der Waals surface area contributed by atoms with E-state index >= 15 is 0 Å². The Morgan fingerprint density at radius 1 is 1.07 bits per heavy atom. The molecule has 0 radical (unpaired) electrons. The van der Waals surface area contributed by atoms with Crippen LogP contribution >= 0.6 is 0 Å². The molecular weight excluding hydrogens is 361 g/mol. The Labute approximate surface area is 156 Å². The van der Waals surface area contributed by atoms with Crippen LogP contribution in [0.2, 0.25) is 0 Å². The Balaban J connectivity index is 2.12. The molecule has 0 amide bonds. The van der Waals surface area contributed by atoms with Gasteiger partial charge < -0.3 is 19.7 Å². The molecule has 1 N–H and O–H groups in total. The van der Waals surface area contributed by atoms with Crippen molar-refractivity contribution in [1.82, 2.24) is 9.97 Å². The van der Waals surface area contributed by atoms with Crippen LogP contribution in [0.15, 0.2) is 30.3 Å². The van der Waals surface area contributed by atoms with Crippen LogP contribution in [0.3, 0.4) is 0 Å². The quantitative estimate of drug-likeness (QED) is 0.663. The molecule has 0 saturated heterocycles. The molecule has 27 heavy (non-hydrogen) atoms. The number of nitrogens with zero attached hydrogens (tertiary/aromatic N) is 3. The third-order valence-corrected chi connectivity index (χ3v) is 3.49. The summed E-state index contributed by atoms with van der Waals surface area (Å²) in [6, 6.07) is 8.06. The summed E-state index contributed by atoms with van der Waals surface area (Å²) < 4.78 is 49.9. The maximum atomic E-state index is 13.1. The standard InChI is InChI=1S/C18H23F3N4O2/c1-4-26-8-9-27-12-13-6-5-7-14(10-13)22-17-23-15(18(19,20)21)11-16(24-17)25(2)3/h5-7,10-11H,4,8-9,12H2,1-3H3,(H,22,23,24). The van der Waals surface area contributed by atoms with Crippen LogP contribution in [0.4, 0.5) is 30.6 Å². The Morgan fingerprint density at radius 3 is 2.48 bits per heavy atom. The fourth-order valence-electron chi connectivity index (χ4n) is 2.18. The molecule has 1 aromatic heterocycles. The van der Waals surface area contributed by atoms with E-state index in [0.717, 1.165) is 11.6 Å². The van der Waals surface area contributed by atoms with Gasteiger partial charge in [0.1, 0.15) is 5.82 Å². The highest BCUT2D eigenvalue weighted by molar-refractivity contribution is 5.56. The molecule has 1 heterocycles. The second kappa shape index (κ2) is 9.52. The Morgan fingerprint density at radius 2 is 1.81 bits per heavy atom. The third-order valence-electron chi connectivity index (χ3n) is 3.49. The van der Waals surface area contributed by atoms with Gasteiger partial charge in [-0.05, 0) is 24.6 Å². The first-order chi connectivity index (χ1) is 12.8. The first kappa shape index (κ1) is 20.9. The van der Waals surface area contributed by atoms with Crippen LogP contribution in [-0.2, 0) is 22.3 Å². The summed E-state index contributed by atoms with van der Waals surface area (Å²) in [6.45, 7) is 3.89. The molecule has 1 aromatic carbocycles. The van der Waals surface area contributed by atoms with Crippen LogP contribution in [0.25, 0.3) is 0 Å². The minimum Gasteiger partial charge on any atom is -0.379 e. The van der Waals surface area contributed by atoms with Crippen molar-refractivity contribution in [3.05, 3.63) is 41.6 Å². The molecule has 0 atom stereocenters. The Kier molecular flexibility index (Phi) is 7.37.